The number of nitrogens with one attached hydrogen (secondary N) is 1. The van der Waals surface area contributed by atoms with Gasteiger partial charge in [-0.3, -0.25) is 9.78 Å². The van der Waals surface area contributed by atoms with E-state index in [1.165, 1.54) is 7.11 Å². The third-order valence-corrected chi connectivity index (χ3v) is 4.14. The smallest absolute Gasteiger partial charge is 0.343 e. The molecule has 0 bridgehead atoms. The van der Waals surface area contributed by atoms with Gasteiger partial charge in [-0.1, -0.05) is 6.07 Å². The molecule has 0 saturated carbocycles. The zero-order valence-corrected chi connectivity index (χ0v) is 15.8. The SMILES string of the molecule is COC(=O)COc1cccc(NC(=O)c2cc3ccc(OC)cc3nc2C)c1. The number of aromatic nitrogens is 1. The monoisotopic (exact) mass is 380 g/mol. The number of methoxy groups -OCH3 is 2. The predicted molar refractivity (Wildman–Crippen MR) is 105 cm³/mol. The van der Waals surface area contributed by atoms with Crippen molar-refractivity contribution in [3.8, 4) is 11.5 Å². The number of pyridine rings is 1. The van der Waals surface area contributed by atoms with Gasteiger partial charge in [0, 0.05) is 23.2 Å². The minimum Gasteiger partial charge on any atom is -0.497 e. The van der Waals surface area contributed by atoms with Crippen molar-refractivity contribution in [1.82, 2.24) is 4.98 Å². The van der Waals surface area contributed by atoms with Crippen LogP contribution in [0, 0.1) is 6.92 Å². The molecule has 28 heavy (non-hydrogen) atoms. The number of anilines is 1. The van der Waals surface area contributed by atoms with Crippen LogP contribution in [0.25, 0.3) is 10.9 Å². The second-order valence-corrected chi connectivity index (χ2v) is 6.03. The number of carbonyl (C=O) groups is 2. The van der Waals surface area contributed by atoms with E-state index in [1.807, 2.05) is 18.2 Å². The van der Waals surface area contributed by atoms with Crippen LogP contribution in [-0.4, -0.2) is 37.7 Å². The van der Waals surface area contributed by atoms with E-state index in [4.69, 9.17) is 9.47 Å². The van der Waals surface area contributed by atoms with Crippen molar-refractivity contribution >= 4 is 28.5 Å². The molecule has 7 heteroatoms. The Bertz CT molecular complexity index is 1030. The number of hydrogen-bond acceptors (Lipinski definition) is 6. The first kappa shape index (κ1) is 19.2. The lowest BCUT2D eigenvalue weighted by Crippen LogP contribution is -2.15. The van der Waals surface area contributed by atoms with Gasteiger partial charge >= 0.3 is 5.97 Å². The number of ether oxygens (including phenoxy) is 3. The second-order valence-electron chi connectivity index (χ2n) is 6.03. The number of hydrogen-bond donors (Lipinski definition) is 1. The lowest BCUT2D eigenvalue weighted by Gasteiger charge is -2.11. The van der Waals surface area contributed by atoms with Gasteiger partial charge in [0.05, 0.1) is 31.0 Å². The Morgan fingerprint density at radius 3 is 2.61 bits per heavy atom. The van der Waals surface area contributed by atoms with Crippen molar-refractivity contribution < 1.29 is 23.8 Å². The number of nitrogens with zero attached hydrogens (tertiary/aromatic N) is 1. The maximum absolute atomic E-state index is 12.7. The Morgan fingerprint density at radius 2 is 1.86 bits per heavy atom. The fourth-order valence-electron chi connectivity index (χ4n) is 2.66. The van der Waals surface area contributed by atoms with E-state index in [-0.39, 0.29) is 12.5 Å². The van der Waals surface area contributed by atoms with Crippen LogP contribution in [0.1, 0.15) is 16.1 Å². The second kappa shape index (κ2) is 8.39. The van der Waals surface area contributed by atoms with E-state index in [9.17, 15) is 9.59 Å². The van der Waals surface area contributed by atoms with E-state index in [2.05, 4.69) is 15.0 Å². The highest BCUT2D eigenvalue weighted by Crippen LogP contribution is 2.23. The molecule has 1 aromatic heterocycles. The molecule has 0 aliphatic carbocycles. The molecule has 0 saturated heterocycles. The van der Waals surface area contributed by atoms with Gasteiger partial charge < -0.3 is 19.5 Å². The highest BCUT2D eigenvalue weighted by molar-refractivity contribution is 6.06. The van der Waals surface area contributed by atoms with Crippen LogP contribution in [0.3, 0.4) is 0 Å². The van der Waals surface area contributed by atoms with Gasteiger partial charge in [-0.2, -0.15) is 0 Å². The predicted octanol–water partition coefficient (Wildman–Crippen LogP) is 3.36. The first-order chi connectivity index (χ1) is 13.5. The number of aryl methyl sites for hydroxylation is 1. The van der Waals surface area contributed by atoms with Crippen LogP contribution in [0.2, 0.25) is 0 Å². The Kier molecular flexibility index (Phi) is 5.74. The summed E-state index contributed by atoms with van der Waals surface area (Å²) < 4.78 is 15.1. The molecule has 3 aromatic rings. The summed E-state index contributed by atoms with van der Waals surface area (Å²) in [5, 5.41) is 3.67. The summed E-state index contributed by atoms with van der Waals surface area (Å²) in [7, 11) is 2.89. The average Bonchev–Trinajstić information content (AvgIpc) is 2.71. The summed E-state index contributed by atoms with van der Waals surface area (Å²) in [5.41, 5.74) is 2.38. The zero-order valence-electron chi connectivity index (χ0n) is 15.8. The van der Waals surface area contributed by atoms with Crippen molar-refractivity contribution in [2.24, 2.45) is 0 Å². The Balaban J connectivity index is 1.79. The van der Waals surface area contributed by atoms with Crippen molar-refractivity contribution in [3.63, 3.8) is 0 Å². The largest absolute Gasteiger partial charge is 0.497 e. The van der Waals surface area contributed by atoms with E-state index in [0.717, 1.165) is 10.9 Å². The highest BCUT2D eigenvalue weighted by Gasteiger charge is 2.13. The zero-order chi connectivity index (χ0) is 20.1. The molecule has 7 nitrogen and oxygen atoms in total. The Morgan fingerprint density at radius 1 is 1.04 bits per heavy atom. The third kappa shape index (κ3) is 4.37. The van der Waals surface area contributed by atoms with Crippen LogP contribution in [-0.2, 0) is 9.53 Å². The van der Waals surface area contributed by atoms with Crippen molar-refractivity contribution in [2.45, 2.75) is 6.92 Å². The molecule has 0 fully saturated rings. The van der Waals surface area contributed by atoms with E-state index >= 15 is 0 Å². The standard InChI is InChI=1S/C21H20N2O5/c1-13-18(9-14-7-8-16(26-2)11-19(14)22-13)21(25)23-15-5-4-6-17(10-15)28-12-20(24)27-3/h4-11H,12H2,1-3H3,(H,23,25). The molecule has 0 spiro atoms. The summed E-state index contributed by atoms with van der Waals surface area (Å²) in [4.78, 5) is 28.4. The maximum atomic E-state index is 12.7. The van der Waals surface area contributed by atoms with Crippen LogP contribution in [0.15, 0.2) is 48.5 Å². The number of fused-ring (bicyclic) bond motifs is 1. The van der Waals surface area contributed by atoms with E-state index in [0.29, 0.717) is 28.4 Å². The topological polar surface area (TPSA) is 86.8 Å². The molecule has 0 atom stereocenters. The van der Waals surface area contributed by atoms with Crippen LogP contribution in [0.4, 0.5) is 5.69 Å². The van der Waals surface area contributed by atoms with E-state index in [1.54, 1.807) is 44.4 Å². The van der Waals surface area contributed by atoms with Crippen molar-refractivity contribution in [1.29, 1.82) is 0 Å². The fourth-order valence-corrected chi connectivity index (χ4v) is 2.66. The van der Waals surface area contributed by atoms with Crippen LogP contribution >= 0.6 is 0 Å². The van der Waals surface area contributed by atoms with Gasteiger partial charge in [-0.05, 0) is 37.3 Å². The first-order valence-corrected chi connectivity index (χ1v) is 8.56. The molecule has 144 valence electrons. The molecule has 2 aromatic carbocycles. The lowest BCUT2D eigenvalue weighted by molar-refractivity contribution is -0.142. The highest BCUT2D eigenvalue weighted by atomic mass is 16.6. The van der Waals surface area contributed by atoms with Gasteiger partial charge in [0.2, 0.25) is 0 Å². The Labute approximate surface area is 162 Å². The molecule has 1 N–H and O–H groups in total. The quantitative estimate of drug-likeness (QED) is 0.660. The van der Waals surface area contributed by atoms with Gasteiger partial charge in [0.1, 0.15) is 11.5 Å². The van der Waals surface area contributed by atoms with Gasteiger partial charge in [-0.15, -0.1) is 0 Å². The van der Waals surface area contributed by atoms with Crippen molar-refractivity contribution in [3.05, 3.63) is 59.8 Å². The molecular weight excluding hydrogens is 360 g/mol. The molecule has 0 unspecified atom stereocenters. The minimum absolute atomic E-state index is 0.203. The summed E-state index contributed by atoms with van der Waals surface area (Å²) in [6.45, 7) is 1.58. The van der Waals surface area contributed by atoms with Gasteiger partial charge in [-0.25, -0.2) is 4.79 Å². The number of carbonyl (C=O) groups excluding carboxylic acids is 2. The molecule has 1 heterocycles. The molecule has 0 radical (unpaired) electrons. The molecule has 3 rings (SSSR count). The van der Waals surface area contributed by atoms with Crippen LogP contribution in [0.5, 0.6) is 11.5 Å². The first-order valence-electron chi connectivity index (χ1n) is 8.56. The number of amides is 1. The molecule has 0 aliphatic heterocycles. The van der Waals surface area contributed by atoms with E-state index < -0.39 is 5.97 Å². The average molecular weight is 380 g/mol. The summed E-state index contributed by atoms with van der Waals surface area (Å²) in [6, 6.07) is 14.1. The number of esters is 1. The van der Waals surface area contributed by atoms with Gasteiger partial charge in [0.15, 0.2) is 6.61 Å². The van der Waals surface area contributed by atoms with Crippen LogP contribution < -0.4 is 14.8 Å². The van der Waals surface area contributed by atoms with Crippen molar-refractivity contribution in [2.75, 3.05) is 26.1 Å². The minimum atomic E-state index is -0.482. The lowest BCUT2D eigenvalue weighted by atomic mass is 10.1. The normalized spacial score (nSPS) is 10.4. The molecule has 0 aliphatic rings. The summed E-state index contributed by atoms with van der Waals surface area (Å²) in [6.07, 6.45) is 0. The molecule has 1 amide bonds. The molecular formula is C21H20N2O5. The van der Waals surface area contributed by atoms with Gasteiger partial charge in [0.25, 0.3) is 5.91 Å². The Hall–Kier alpha value is -3.61. The maximum Gasteiger partial charge on any atom is 0.343 e. The fraction of sp³-hybridized carbons (Fsp3) is 0.190. The third-order valence-electron chi connectivity index (χ3n) is 4.14. The summed E-state index contributed by atoms with van der Waals surface area (Å²) in [5.74, 6) is 0.390. The number of benzene rings is 2. The number of rotatable bonds is 6. The summed E-state index contributed by atoms with van der Waals surface area (Å²) >= 11 is 0.